The Morgan fingerprint density at radius 2 is 1.41 bits per heavy atom. The third-order valence-corrected chi connectivity index (χ3v) is 6.12. The maximum absolute atomic E-state index is 13.5. The van der Waals surface area contributed by atoms with Crippen molar-refractivity contribution in [3.05, 3.63) is 108 Å². The molecule has 0 bridgehead atoms. The normalized spacial score (nSPS) is 17.9. The zero-order valence-electron chi connectivity index (χ0n) is 21.3. The molecule has 1 N–H and O–H groups in total. The average Bonchev–Trinajstić information content (AvgIpc) is 2.86. The van der Waals surface area contributed by atoms with Gasteiger partial charge in [0, 0.05) is 0 Å². The van der Waals surface area contributed by atoms with E-state index in [9.17, 15) is 14.4 Å². The van der Waals surface area contributed by atoms with Gasteiger partial charge in [-0.05, 0) is 43.9 Å². The summed E-state index contributed by atoms with van der Waals surface area (Å²) in [5.41, 5.74) is 1.84. The molecule has 7 heteroatoms. The smallest absolute Gasteiger partial charge is 0.417 e. The molecule has 1 saturated heterocycles. The molecular formula is C30H32N2O5. The number of nitrogens with zero attached hydrogens (tertiary/aromatic N) is 1. The predicted octanol–water partition coefficient (Wildman–Crippen LogP) is 5.66. The first-order valence-electron chi connectivity index (χ1n) is 12.3. The quantitative estimate of drug-likeness (QED) is 0.423. The summed E-state index contributed by atoms with van der Waals surface area (Å²) in [7, 11) is 0. The van der Waals surface area contributed by atoms with Gasteiger partial charge in [-0.2, -0.15) is 0 Å². The van der Waals surface area contributed by atoms with Crippen LogP contribution in [0.4, 0.5) is 9.59 Å². The number of hydrogen-bond donors (Lipinski definition) is 1. The Kier molecular flexibility index (Phi) is 7.92. The van der Waals surface area contributed by atoms with Gasteiger partial charge in [0.2, 0.25) is 5.91 Å². The van der Waals surface area contributed by atoms with Gasteiger partial charge in [-0.15, -0.1) is 0 Å². The van der Waals surface area contributed by atoms with Crippen LogP contribution in [0.15, 0.2) is 91.0 Å². The lowest BCUT2D eigenvalue weighted by molar-refractivity contribution is -0.156. The van der Waals surface area contributed by atoms with Gasteiger partial charge in [-0.25, -0.2) is 14.5 Å². The van der Waals surface area contributed by atoms with E-state index in [0.717, 1.165) is 21.6 Å². The number of likely N-dealkylation sites (tertiary alicyclic amines) is 1. The molecule has 0 unspecified atom stereocenters. The van der Waals surface area contributed by atoms with Crippen LogP contribution in [-0.2, 0) is 27.3 Å². The number of hydrogen-bond acceptors (Lipinski definition) is 5. The Labute approximate surface area is 217 Å². The maximum atomic E-state index is 13.5. The first-order chi connectivity index (χ1) is 17.7. The van der Waals surface area contributed by atoms with Crippen LogP contribution in [0.1, 0.15) is 43.5 Å². The van der Waals surface area contributed by atoms with Gasteiger partial charge in [0.1, 0.15) is 12.2 Å². The number of ether oxygens (including phenoxy) is 2. The number of nitrogens with one attached hydrogen (secondary N) is 1. The maximum Gasteiger partial charge on any atom is 0.417 e. The van der Waals surface area contributed by atoms with Crippen molar-refractivity contribution in [1.82, 2.24) is 10.2 Å². The molecule has 0 aromatic heterocycles. The first kappa shape index (κ1) is 25.9. The number of β-lactam (4-membered cyclic amide) rings is 1. The average molecular weight is 501 g/mol. The van der Waals surface area contributed by atoms with Crippen molar-refractivity contribution in [2.45, 2.75) is 51.5 Å². The van der Waals surface area contributed by atoms with E-state index in [0.29, 0.717) is 6.42 Å². The second-order valence-corrected chi connectivity index (χ2v) is 10.1. The molecule has 3 amide bonds. The van der Waals surface area contributed by atoms with Gasteiger partial charge in [0.15, 0.2) is 0 Å². The highest BCUT2D eigenvalue weighted by molar-refractivity contribution is 6.00. The number of imide groups is 1. The minimum Gasteiger partial charge on any atom is -0.445 e. The van der Waals surface area contributed by atoms with Gasteiger partial charge in [-0.1, -0.05) is 91.0 Å². The topological polar surface area (TPSA) is 84.9 Å². The van der Waals surface area contributed by atoms with Crippen molar-refractivity contribution in [3.63, 3.8) is 0 Å². The number of alkyl carbamates (subject to hydrolysis) is 1. The van der Waals surface area contributed by atoms with E-state index in [1.54, 1.807) is 20.8 Å². The Balaban J connectivity index is 1.60. The monoisotopic (exact) mass is 500 g/mol. The van der Waals surface area contributed by atoms with E-state index in [1.165, 1.54) is 0 Å². The van der Waals surface area contributed by atoms with Gasteiger partial charge in [0.05, 0.1) is 18.0 Å². The fourth-order valence-corrected chi connectivity index (χ4v) is 4.48. The van der Waals surface area contributed by atoms with E-state index in [-0.39, 0.29) is 6.61 Å². The van der Waals surface area contributed by atoms with Crippen molar-refractivity contribution in [1.29, 1.82) is 0 Å². The van der Waals surface area contributed by atoms with Crippen LogP contribution in [-0.4, -0.2) is 34.6 Å². The van der Waals surface area contributed by atoms with Gasteiger partial charge < -0.3 is 14.8 Å². The van der Waals surface area contributed by atoms with Crippen molar-refractivity contribution < 1.29 is 23.9 Å². The highest BCUT2D eigenvalue weighted by Crippen LogP contribution is 2.43. The van der Waals surface area contributed by atoms with E-state index in [4.69, 9.17) is 9.47 Å². The van der Waals surface area contributed by atoms with Crippen LogP contribution in [0.2, 0.25) is 0 Å². The summed E-state index contributed by atoms with van der Waals surface area (Å²) in [5.74, 6) is -1.08. The number of amides is 3. The lowest BCUT2D eigenvalue weighted by Crippen LogP contribution is -2.65. The number of rotatable bonds is 7. The van der Waals surface area contributed by atoms with Crippen molar-refractivity contribution in [2.24, 2.45) is 5.92 Å². The summed E-state index contributed by atoms with van der Waals surface area (Å²) in [5, 5.41) is 2.91. The van der Waals surface area contributed by atoms with Gasteiger partial charge in [0.25, 0.3) is 0 Å². The molecule has 37 heavy (non-hydrogen) atoms. The molecule has 192 valence electrons. The molecule has 3 atom stereocenters. The van der Waals surface area contributed by atoms with Crippen molar-refractivity contribution in [3.8, 4) is 0 Å². The highest BCUT2D eigenvalue weighted by Gasteiger charge is 2.56. The fraction of sp³-hybridized carbons (Fsp3) is 0.300. The zero-order chi connectivity index (χ0) is 26.4. The zero-order valence-corrected chi connectivity index (χ0v) is 21.3. The predicted molar refractivity (Wildman–Crippen MR) is 139 cm³/mol. The second kappa shape index (κ2) is 11.3. The molecule has 3 aromatic rings. The third kappa shape index (κ3) is 6.55. The molecule has 0 spiro atoms. The summed E-state index contributed by atoms with van der Waals surface area (Å²) in [6, 6.07) is 27.1. The number of benzene rings is 3. The molecule has 1 aliphatic rings. The first-order valence-corrected chi connectivity index (χ1v) is 12.3. The molecule has 0 radical (unpaired) electrons. The van der Waals surface area contributed by atoms with Crippen molar-refractivity contribution >= 4 is 18.1 Å². The van der Waals surface area contributed by atoms with Crippen LogP contribution in [0.5, 0.6) is 0 Å². The molecule has 0 aliphatic carbocycles. The van der Waals surface area contributed by atoms with E-state index in [2.05, 4.69) is 5.32 Å². The SMILES string of the molecule is CC(C)(C)OC(=O)N1C(=O)[C@H]([C@H](Cc2ccccc2)NC(=O)OCc2ccccc2)[C@H]1c1ccccc1. The van der Waals surface area contributed by atoms with Crippen LogP contribution < -0.4 is 5.32 Å². The van der Waals surface area contributed by atoms with Gasteiger partial charge >= 0.3 is 12.2 Å². The third-order valence-electron chi connectivity index (χ3n) is 6.12. The molecule has 7 nitrogen and oxygen atoms in total. The number of carbonyl (C=O) groups is 3. The lowest BCUT2D eigenvalue weighted by Gasteiger charge is -2.48. The van der Waals surface area contributed by atoms with E-state index in [1.807, 2.05) is 91.0 Å². The lowest BCUT2D eigenvalue weighted by atomic mass is 9.76. The Morgan fingerprint density at radius 1 is 0.865 bits per heavy atom. The summed E-state index contributed by atoms with van der Waals surface area (Å²) in [4.78, 5) is 40.5. The van der Waals surface area contributed by atoms with Crippen LogP contribution >= 0.6 is 0 Å². The molecule has 1 heterocycles. The van der Waals surface area contributed by atoms with Crippen LogP contribution in [0.25, 0.3) is 0 Å². The molecule has 0 saturated carbocycles. The Morgan fingerprint density at radius 3 is 1.97 bits per heavy atom. The van der Waals surface area contributed by atoms with E-state index >= 15 is 0 Å². The molecule has 3 aromatic carbocycles. The van der Waals surface area contributed by atoms with Crippen molar-refractivity contribution in [2.75, 3.05) is 0 Å². The Bertz CT molecular complexity index is 1210. The van der Waals surface area contributed by atoms with E-state index < -0.39 is 41.7 Å². The number of carbonyl (C=O) groups excluding carboxylic acids is 3. The minimum atomic E-state index is -0.757. The fourth-order valence-electron chi connectivity index (χ4n) is 4.48. The minimum absolute atomic E-state index is 0.107. The highest BCUT2D eigenvalue weighted by atomic mass is 16.6. The van der Waals surface area contributed by atoms with Crippen LogP contribution in [0.3, 0.4) is 0 Å². The molecule has 1 aliphatic heterocycles. The molecule has 1 fully saturated rings. The largest absolute Gasteiger partial charge is 0.445 e. The molecular weight excluding hydrogens is 468 g/mol. The summed E-state index contributed by atoms with van der Waals surface area (Å²) in [6.45, 7) is 5.38. The second-order valence-electron chi connectivity index (χ2n) is 10.1. The standard InChI is InChI=1S/C30H32N2O5/c1-30(2,3)37-29(35)32-26(23-17-11-6-12-18-23)25(27(32)33)24(19-21-13-7-4-8-14-21)31-28(34)36-20-22-15-9-5-10-16-22/h4-18,24-26H,19-20H2,1-3H3,(H,31,34)/t24-,25+,26+/m0/s1. The van der Waals surface area contributed by atoms with Crippen LogP contribution in [0, 0.1) is 5.92 Å². The molecule has 4 rings (SSSR count). The Hall–Kier alpha value is -4.13. The summed E-state index contributed by atoms with van der Waals surface area (Å²) >= 11 is 0. The van der Waals surface area contributed by atoms with Gasteiger partial charge in [-0.3, -0.25) is 4.79 Å². The summed E-state index contributed by atoms with van der Waals surface area (Å²) in [6.07, 6.45) is -0.934. The summed E-state index contributed by atoms with van der Waals surface area (Å²) < 4.78 is 11.0.